The van der Waals surface area contributed by atoms with Crippen LogP contribution in [-0.2, 0) is 12.8 Å². The maximum Gasteiger partial charge on any atom is 0.417 e. The maximum atomic E-state index is 14.0. The van der Waals surface area contributed by atoms with Crippen LogP contribution in [0.3, 0.4) is 0 Å². The molecule has 0 unspecified atom stereocenters. The number of hydrogen-bond donors (Lipinski definition) is 1. The molecule has 4 rings (SSSR count). The molecule has 0 bridgehead atoms. The third-order valence-corrected chi connectivity index (χ3v) is 5.71. The molecule has 1 aliphatic carbocycles. The van der Waals surface area contributed by atoms with E-state index >= 15 is 0 Å². The van der Waals surface area contributed by atoms with Gasteiger partial charge in [0.05, 0.1) is 11.5 Å². The molecule has 0 radical (unpaired) electrons. The molecular weight excluding hydrogens is 490 g/mol. The average molecular weight is 507 g/mol. The maximum absolute atomic E-state index is 14.0. The highest BCUT2D eigenvalue weighted by Gasteiger charge is 2.33. The molecule has 36 heavy (non-hydrogen) atoms. The van der Waals surface area contributed by atoms with Gasteiger partial charge in [0.2, 0.25) is 5.88 Å². The highest BCUT2D eigenvalue weighted by atomic mass is 19.4. The third kappa shape index (κ3) is 5.14. The normalized spacial score (nSPS) is 13.8. The van der Waals surface area contributed by atoms with Crippen molar-refractivity contribution < 1.29 is 41.0 Å². The number of benzene rings is 2. The van der Waals surface area contributed by atoms with Crippen molar-refractivity contribution in [1.29, 1.82) is 0 Å². The van der Waals surface area contributed by atoms with Crippen molar-refractivity contribution >= 4 is 22.8 Å². The lowest BCUT2D eigenvalue weighted by atomic mass is 9.95. The summed E-state index contributed by atoms with van der Waals surface area (Å²) < 4.78 is 86.7. The number of alkyl halides is 3. The van der Waals surface area contributed by atoms with Gasteiger partial charge in [0, 0.05) is 29.1 Å². The van der Waals surface area contributed by atoms with Gasteiger partial charge in [-0.15, -0.1) is 0 Å². The van der Waals surface area contributed by atoms with Gasteiger partial charge in [0.15, 0.2) is 11.6 Å². The highest BCUT2D eigenvalue weighted by Crippen LogP contribution is 2.44. The van der Waals surface area contributed by atoms with E-state index in [1.54, 1.807) is 0 Å². The van der Waals surface area contributed by atoms with E-state index in [0.717, 1.165) is 6.07 Å². The summed E-state index contributed by atoms with van der Waals surface area (Å²) >= 11 is 0. The van der Waals surface area contributed by atoms with Crippen molar-refractivity contribution in [1.82, 2.24) is 4.98 Å². The van der Waals surface area contributed by atoms with Gasteiger partial charge < -0.3 is 20.4 Å². The quantitative estimate of drug-likeness (QED) is 0.284. The van der Waals surface area contributed by atoms with Gasteiger partial charge in [0.25, 0.3) is 0 Å². The van der Waals surface area contributed by atoms with Crippen LogP contribution < -0.4 is 15.6 Å². The molecule has 0 aliphatic heterocycles. The number of carboxylic acid groups (broad SMARTS) is 1. The number of anilines is 1. The van der Waals surface area contributed by atoms with E-state index in [0.29, 0.717) is 54.3 Å². The topological polar surface area (TPSA) is 88.3 Å². The Labute approximate surface area is 200 Å². The van der Waals surface area contributed by atoms with Gasteiger partial charge in [-0.05, 0) is 71.9 Å². The fourth-order valence-electron chi connectivity index (χ4n) is 4.06. The fourth-order valence-corrected chi connectivity index (χ4v) is 4.06. The lowest BCUT2D eigenvalue weighted by molar-refractivity contribution is -0.255. The predicted molar refractivity (Wildman–Crippen MR) is 116 cm³/mol. The monoisotopic (exact) mass is 507 g/mol. The number of rotatable bonds is 6. The Balaban J connectivity index is 1.81. The molecule has 1 aliphatic rings. The summed E-state index contributed by atoms with van der Waals surface area (Å²) in [6, 6.07) is 5.75. The number of nitrogen functional groups attached to an aromatic ring is 1. The molecule has 11 heteroatoms. The smallest absolute Gasteiger partial charge is 0.417 e. The second kappa shape index (κ2) is 9.56. The number of carbonyl (C=O) groups is 1. The third-order valence-electron chi connectivity index (χ3n) is 5.71. The minimum Gasteiger partial charge on any atom is -0.545 e. The molecule has 188 valence electrons. The molecule has 5 nitrogen and oxygen atoms in total. The van der Waals surface area contributed by atoms with Crippen LogP contribution in [0.15, 0.2) is 42.6 Å². The number of aromatic carboxylic acids is 1. The van der Waals surface area contributed by atoms with Crippen LogP contribution in [0.4, 0.5) is 32.0 Å². The number of pyridine rings is 1. The standard InChI is InChI=1S/C25H18F6N2O3/c26-20-9-22(28)21(27)7-14(20)11-36-23-19(8-15(10-33-23)25(29,30)31)18-3-1-2-17(18)12-4-13(24(34)35)6-16(32)5-12/h4-10H,1-3,11,32H2,(H,34,35)/p-1. The minimum absolute atomic E-state index is 0.0438. The summed E-state index contributed by atoms with van der Waals surface area (Å²) in [5.74, 6) is -5.57. The summed E-state index contributed by atoms with van der Waals surface area (Å²) in [6.45, 7) is -0.635. The summed E-state index contributed by atoms with van der Waals surface area (Å²) in [5, 5.41) is 11.4. The second-order valence-corrected chi connectivity index (χ2v) is 8.16. The number of nitrogens with two attached hydrogens (primary N) is 1. The largest absolute Gasteiger partial charge is 0.545 e. The molecule has 0 amide bonds. The van der Waals surface area contributed by atoms with Gasteiger partial charge in [0.1, 0.15) is 12.4 Å². The number of ether oxygens (including phenoxy) is 1. The Hall–Kier alpha value is -4.02. The first kappa shape index (κ1) is 25.1. The molecule has 0 saturated heterocycles. The summed E-state index contributed by atoms with van der Waals surface area (Å²) in [6.07, 6.45) is -2.94. The van der Waals surface area contributed by atoms with Crippen LogP contribution in [0.1, 0.15) is 51.9 Å². The number of allylic oxidation sites excluding steroid dienone is 2. The van der Waals surface area contributed by atoms with Crippen molar-refractivity contribution in [2.45, 2.75) is 32.0 Å². The van der Waals surface area contributed by atoms with Crippen LogP contribution in [-0.4, -0.2) is 11.0 Å². The lowest BCUT2D eigenvalue weighted by Gasteiger charge is -2.17. The number of nitrogens with zero attached hydrogens (tertiary/aromatic N) is 1. The fraction of sp³-hybridized carbons (Fsp3) is 0.200. The number of halogens is 6. The molecule has 0 fully saturated rings. The van der Waals surface area contributed by atoms with Crippen LogP contribution in [0.25, 0.3) is 11.1 Å². The van der Waals surface area contributed by atoms with Crippen molar-refractivity contribution in [2.24, 2.45) is 0 Å². The summed E-state index contributed by atoms with van der Waals surface area (Å²) in [7, 11) is 0. The number of aromatic nitrogens is 1. The van der Waals surface area contributed by atoms with Crippen molar-refractivity contribution in [3.8, 4) is 5.88 Å². The Bertz CT molecular complexity index is 1380. The number of carbonyl (C=O) groups excluding carboxylic acids is 1. The summed E-state index contributed by atoms with van der Waals surface area (Å²) in [4.78, 5) is 15.1. The zero-order chi connectivity index (χ0) is 26.2. The van der Waals surface area contributed by atoms with E-state index in [2.05, 4.69) is 4.98 Å². The number of carboxylic acids is 1. The highest BCUT2D eigenvalue weighted by molar-refractivity contribution is 5.96. The average Bonchev–Trinajstić information content (AvgIpc) is 3.29. The second-order valence-electron chi connectivity index (χ2n) is 8.16. The van der Waals surface area contributed by atoms with E-state index in [-0.39, 0.29) is 28.3 Å². The first-order valence-electron chi connectivity index (χ1n) is 10.6. The van der Waals surface area contributed by atoms with E-state index in [4.69, 9.17) is 10.5 Å². The first-order valence-corrected chi connectivity index (χ1v) is 10.6. The van der Waals surface area contributed by atoms with Crippen molar-refractivity contribution in [3.05, 3.63) is 87.9 Å². The zero-order valence-corrected chi connectivity index (χ0v) is 18.4. The molecule has 2 N–H and O–H groups in total. The molecule has 1 aromatic heterocycles. The van der Waals surface area contributed by atoms with E-state index in [9.17, 15) is 36.2 Å². The molecule has 0 saturated carbocycles. The minimum atomic E-state index is -4.73. The first-order chi connectivity index (χ1) is 16.9. The van der Waals surface area contributed by atoms with Crippen molar-refractivity contribution in [3.63, 3.8) is 0 Å². The Morgan fingerprint density at radius 2 is 1.67 bits per heavy atom. The SMILES string of the molecule is Nc1cc(C(=O)[O-])cc(C2=C(c3cc(C(F)(F)F)cnc3OCc3cc(F)c(F)cc3F)CCC2)c1. The Morgan fingerprint density at radius 1 is 0.972 bits per heavy atom. The molecule has 1 heterocycles. The van der Waals surface area contributed by atoms with Crippen molar-refractivity contribution in [2.75, 3.05) is 5.73 Å². The van der Waals surface area contributed by atoms with E-state index < -0.39 is 41.8 Å². The number of hydrogen-bond acceptors (Lipinski definition) is 5. The van der Waals surface area contributed by atoms with E-state index in [1.807, 2.05) is 0 Å². The van der Waals surface area contributed by atoms with Gasteiger partial charge in [-0.1, -0.05) is 0 Å². The van der Waals surface area contributed by atoms with Crippen LogP contribution in [0.2, 0.25) is 0 Å². The van der Waals surface area contributed by atoms with Gasteiger partial charge in [-0.3, -0.25) is 0 Å². The molecule has 0 spiro atoms. The van der Waals surface area contributed by atoms with Crippen LogP contribution in [0, 0.1) is 17.5 Å². The van der Waals surface area contributed by atoms with Crippen LogP contribution >= 0.6 is 0 Å². The molecular formula is C25H17F6N2O3-. The molecule has 3 aromatic rings. The summed E-state index contributed by atoms with van der Waals surface area (Å²) in [5.41, 5.74) is 5.60. The zero-order valence-electron chi connectivity index (χ0n) is 18.4. The van der Waals surface area contributed by atoms with E-state index in [1.165, 1.54) is 18.2 Å². The predicted octanol–water partition coefficient (Wildman–Crippen LogP) is 5.14. The Kier molecular flexibility index (Phi) is 6.66. The molecule has 0 atom stereocenters. The lowest BCUT2D eigenvalue weighted by Crippen LogP contribution is -2.22. The van der Waals surface area contributed by atoms with Gasteiger partial charge >= 0.3 is 6.18 Å². The van der Waals surface area contributed by atoms with Gasteiger partial charge in [-0.2, -0.15) is 13.2 Å². The molecule has 2 aromatic carbocycles. The van der Waals surface area contributed by atoms with Crippen LogP contribution in [0.5, 0.6) is 5.88 Å². The van der Waals surface area contributed by atoms with Gasteiger partial charge in [-0.25, -0.2) is 18.2 Å². The Morgan fingerprint density at radius 3 is 2.36 bits per heavy atom.